The lowest BCUT2D eigenvalue weighted by Crippen LogP contribution is -2.47. The third-order valence-electron chi connectivity index (χ3n) is 3.61. The molecule has 0 aromatic heterocycles. The fourth-order valence-corrected chi connectivity index (χ4v) is 3.05. The lowest BCUT2D eigenvalue weighted by Gasteiger charge is -2.34. The van der Waals surface area contributed by atoms with Crippen molar-refractivity contribution in [1.29, 1.82) is 0 Å². The van der Waals surface area contributed by atoms with Crippen molar-refractivity contribution in [3.8, 4) is 0 Å². The van der Waals surface area contributed by atoms with E-state index in [2.05, 4.69) is 5.32 Å². The van der Waals surface area contributed by atoms with E-state index in [-0.39, 0.29) is 11.9 Å². The van der Waals surface area contributed by atoms with Crippen LogP contribution in [0.5, 0.6) is 0 Å². The van der Waals surface area contributed by atoms with Crippen LogP contribution in [0.1, 0.15) is 13.3 Å². The minimum Gasteiger partial charge on any atom is -0.391 e. The molecule has 20 heavy (non-hydrogen) atoms. The van der Waals surface area contributed by atoms with E-state index in [4.69, 9.17) is 11.6 Å². The molecule has 1 saturated heterocycles. The van der Waals surface area contributed by atoms with Gasteiger partial charge in [-0.1, -0.05) is 18.5 Å². The van der Waals surface area contributed by atoms with Crippen molar-refractivity contribution in [2.24, 2.45) is 5.92 Å². The van der Waals surface area contributed by atoms with Crippen LogP contribution < -0.4 is 5.32 Å². The highest BCUT2D eigenvalue weighted by atomic mass is 35.5. The first-order chi connectivity index (χ1) is 9.51. The summed E-state index contributed by atoms with van der Waals surface area (Å²) in [6.45, 7) is 3.05. The number of hydrogen-bond donors (Lipinski definition) is 2. The lowest BCUT2D eigenvalue weighted by molar-refractivity contribution is 0.0464. The van der Waals surface area contributed by atoms with E-state index in [1.54, 1.807) is 22.7 Å². The third-order valence-corrected chi connectivity index (χ3v) is 4.83. The summed E-state index contributed by atoms with van der Waals surface area (Å²) in [6.07, 6.45) is 2.33. The average molecular weight is 315 g/mol. The van der Waals surface area contributed by atoms with Crippen molar-refractivity contribution in [2.75, 3.05) is 24.7 Å². The molecule has 110 valence electrons. The maximum Gasteiger partial charge on any atom is 0.321 e. The zero-order valence-corrected chi connectivity index (χ0v) is 13.2. The molecule has 1 heterocycles. The summed E-state index contributed by atoms with van der Waals surface area (Å²) in [5.41, 5.74) is 0.672. The molecule has 2 atom stereocenters. The van der Waals surface area contributed by atoms with Crippen molar-refractivity contribution in [3.63, 3.8) is 0 Å². The SMILES string of the molecule is CSc1ccc(NC(=O)N2CCC(C)C(O)C2)cc1Cl. The Labute approximate surface area is 128 Å². The van der Waals surface area contributed by atoms with Gasteiger partial charge in [0.15, 0.2) is 0 Å². The number of carbonyl (C=O) groups excluding carboxylic acids is 1. The van der Waals surface area contributed by atoms with Gasteiger partial charge in [-0.25, -0.2) is 4.79 Å². The van der Waals surface area contributed by atoms with Crippen LogP contribution in [-0.2, 0) is 0 Å². The normalized spacial score (nSPS) is 22.7. The minimum absolute atomic E-state index is 0.191. The van der Waals surface area contributed by atoms with Crippen molar-refractivity contribution in [3.05, 3.63) is 23.2 Å². The predicted molar refractivity (Wildman–Crippen MR) is 83.6 cm³/mol. The van der Waals surface area contributed by atoms with Crippen LogP contribution in [0.15, 0.2) is 23.1 Å². The van der Waals surface area contributed by atoms with E-state index in [0.717, 1.165) is 11.3 Å². The van der Waals surface area contributed by atoms with Crippen LogP contribution in [0.25, 0.3) is 0 Å². The Morgan fingerprint density at radius 1 is 1.55 bits per heavy atom. The Morgan fingerprint density at radius 2 is 2.30 bits per heavy atom. The fourth-order valence-electron chi connectivity index (χ4n) is 2.18. The fraction of sp³-hybridized carbons (Fsp3) is 0.500. The molecule has 2 unspecified atom stereocenters. The minimum atomic E-state index is -0.447. The second-order valence-electron chi connectivity index (χ2n) is 5.06. The molecule has 1 aliphatic heterocycles. The number of anilines is 1. The maximum atomic E-state index is 12.1. The Morgan fingerprint density at radius 3 is 2.90 bits per heavy atom. The smallest absolute Gasteiger partial charge is 0.321 e. The van der Waals surface area contributed by atoms with Gasteiger partial charge in [-0.15, -0.1) is 11.8 Å². The number of aliphatic hydroxyl groups excluding tert-OH is 1. The second-order valence-corrected chi connectivity index (χ2v) is 6.31. The predicted octanol–water partition coefficient (Wildman–Crippen LogP) is 3.30. The number of halogens is 1. The summed E-state index contributed by atoms with van der Waals surface area (Å²) in [7, 11) is 0. The number of hydrogen-bond acceptors (Lipinski definition) is 3. The topological polar surface area (TPSA) is 52.6 Å². The number of carbonyl (C=O) groups is 1. The molecule has 2 amide bonds. The van der Waals surface area contributed by atoms with Gasteiger partial charge in [0.05, 0.1) is 11.1 Å². The van der Waals surface area contributed by atoms with Gasteiger partial charge < -0.3 is 15.3 Å². The van der Waals surface area contributed by atoms with Gasteiger partial charge >= 0.3 is 6.03 Å². The molecular weight excluding hydrogens is 296 g/mol. The van der Waals surface area contributed by atoms with Gasteiger partial charge in [-0.3, -0.25) is 0 Å². The molecule has 0 radical (unpaired) electrons. The number of thioether (sulfide) groups is 1. The zero-order chi connectivity index (χ0) is 14.7. The first-order valence-corrected chi connectivity index (χ1v) is 8.19. The van der Waals surface area contributed by atoms with Crippen LogP contribution in [0, 0.1) is 5.92 Å². The molecule has 0 aliphatic carbocycles. The van der Waals surface area contributed by atoms with Gasteiger partial charge in [-0.2, -0.15) is 0 Å². The molecular formula is C14H19ClN2O2S. The summed E-state index contributed by atoms with van der Waals surface area (Å²) in [5.74, 6) is 0.245. The van der Waals surface area contributed by atoms with E-state index in [1.165, 1.54) is 0 Å². The number of amides is 2. The highest BCUT2D eigenvalue weighted by molar-refractivity contribution is 7.98. The largest absolute Gasteiger partial charge is 0.391 e. The number of nitrogens with zero attached hydrogens (tertiary/aromatic N) is 1. The molecule has 2 N–H and O–H groups in total. The third kappa shape index (κ3) is 3.59. The van der Waals surface area contributed by atoms with Gasteiger partial charge in [-0.05, 0) is 36.8 Å². The van der Waals surface area contributed by atoms with Crippen LogP contribution in [0.2, 0.25) is 5.02 Å². The molecule has 1 aromatic carbocycles. The van der Waals surface area contributed by atoms with E-state index in [0.29, 0.717) is 23.8 Å². The highest BCUT2D eigenvalue weighted by Crippen LogP contribution is 2.28. The number of β-amino-alcohol motifs (C(OH)–C–C–N with tert-alkyl or cyclic N) is 1. The molecule has 2 rings (SSSR count). The number of piperidine rings is 1. The molecule has 6 heteroatoms. The number of benzene rings is 1. The zero-order valence-electron chi connectivity index (χ0n) is 11.6. The summed E-state index contributed by atoms with van der Waals surface area (Å²) >= 11 is 7.68. The highest BCUT2D eigenvalue weighted by Gasteiger charge is 2.27. The van der Waals surface area contributed by atoms with Gasteiger partial charge in [0.1, 0.15) is 0 Å². The maximum absolute atomic E-state index is 12.1. The number of likely N-dealkylation sites (tertiary alicyclic amines) is 1. The molecule has 1 aromatic rings. The van der Waals surface area contributed by atoms with Crippen LogP contribution in [0.3, 0.4) is 0 Å². The van der Waals surface area contributed by atoms with E-state index in [9.17, 15) is 9.90 Å². The summed E-state index contributed by atoms with van der Waals surface area (Å²) in [5, 5.41) is 13.3. The average Bonchev–Trinajstić information content (AvgIpc) is 2.42. The van der Waals surface area contributed by atoms with E-state index >= 15 is 0 Å². The number of aliphatic hydroxyl groups is 1. The van der Waals surface area contributed by atoms with Crippen LogP contribution in [0.4, 0.5) is 10.5 Å². The Bertz CT molecular complexity index is 498. The Balaban J connectivity index is 1.99. The number of rotatable bonds is 2. The first-order valence-electron chi connectivity index (χ1n) is 6.58. The molecule has 1 fully saturated rings. The van der Waals surface area contributed by atoms with Gasteiger partial charge in [0.2, 0.25) is 0 Å². The first kappa shape index (κ1) is 15.5. The second kappa shape index (κ2) is 6.70. The number of urea groups is 1. The monoisotopic (exact) mass is 314 g/mol. The van der Waals surface area contributed by atoms with E-state index < -0.39 is 6.10 Å². The molecule has 0 saturated carbocycles. The molecule has 0 bridgehead atoms. The van der Waals surface area contributed by atoms with Crippen molar-refractivity contribution < 1.29 is 9.90 Å². The standard InChI is InChI=1S/C14H19ClN2O2S/c1-9-5-6-17(8-12(9)18)14(19)16-10-3-4-13(20-2)11(15)7-10/h3-4,7,9,12,18H,5-6,8H2,1-2H3,(H,16,19). The molecule has 1 aliphatic rings. The molecule has 0 spiro atoms. The summed E-state index contributed by atoms with van der Waals surface area (Å²) in [6, 6.07) is 5.27. The van der Waals surface area contributed by atoms with E-state index in [1.807, 2.05) is 25.3 Å². The van der Waals surface area contributed by atoms with Crippen LogP contribution in [-0.4, -0.2) is 41.5 Å². The quantitative estimate of drug-likeness (QED) is 0.824. The van der Waals surface area contributed by atoms with Gasteiger partial charge in [0, 0.05) is 23.7 Å². The summed E-state index contributed by atoms with van der Waals surface area (Å²) in [4.78, 5) is 14.8. The lowest BCUT2D eigenvalue weighted by atomic mass is 9.96. The van der Waals surface area contributed by atoms with Crippen molar-refractivity contribution in [1.82, 2.24) is 4.90 Å². The Kier molecular flexibility index (Phi) is 5.18. The van der Waals surface area contributed by atoms with Crippen LogP contribution >= 0.6 is 23.4 Å². The summed E-state index contributed by atoms with van der Waals surface area (Å²) < 4.78 is 0. The molecule has 4 nitrogen and oxygen atoms in total. The van der Waals surface area contributed by atoms with Gasteiger partial charge in [0.25, 0.3) is 0 Å². The Hall–Kier alpha value is -0.910. The van der Waals surface area contributed by atoms with Crippen molar-refractivity contribution in [2.45, 2.75) is 24.3 Å². The number of nitrogens with one attached hydrogen (secondary N) is 1. The van der Waals surface area contributed by atoms with Crippen molar-refractivity contribution >= 4 is 35.1 Å².